The Kier molecular flexibility index (Phi) is 6.93. The lowest BCUT2D eigenvalue weighted by atomic mass is 10.2. The molecule has 0 aromatic heterocycles. The first-order valence-electron chi connectivity index (χ1n) is 6.47. The van der Waals surface area contributed by atoms with Crippen molar-refractivity contribution in [1.82, 2.24) is 4.90 Å². The van der Waals surface area contributed by atoms with Crippen LogP contribution in [0.4, 0.5) is 8.78 Å². The van der Waals surface area contributed by atoms with Gasteiger partial charge in [-0.15, -0.1) is 0 Å². The Bertz CT molecular complexity index is 427. The Hall–Kier alpha value is -1.69. The molecule has 0 aliphatic carbocycles. The first-order chi connectivity index (χ1) is 9.56. The average molecular weight is 287 g/mol. The van der Waals surface area contributed by atoms with Crippen molar-refractivity contribution in [2.45, 2.75) is 27.0 Å². The first-order valence-corrected chi connectivity index (χ1v) is 6.47. The second kappa shape index (κ2) is 8.47. The average Bonchev–Trinajstić information content (AvgIpc) is 2.39. The van der Waals surface area contributed by atoms with E-state index in [4.69, 9.17) is 4.74 Å². The van der Waals surface area contributed by atoms with E-state index in [1.54, 1.807) is 30.0 Å². The number of halogens is 2. The van der Waals surface area contributed by atoms with Crippen LogP contribution in [-0.2, 0) is 16.1 Å². The summed E-state index contributed by atoms with van der Waals surface area (Å²) in [6, 6.07) is 6.56. The molecular weight excluding hydrogens is 268 g/mol. The van der Waals surface area contributed by atoms with Crippen LogP contribution in [0, 0.1) is 0 Å². The Morgan fingerprint density at radius 2 is 2.00 bits per heavy atom. The fourth-order valence-electron chi connectivity index (χ4n) is 1.76. The molecule has 0 spiro atoms. The molecule has 1 aromatic rings. The molecule has 0 bridgehead atoms. The number of nitrogens with zero attached hydrogens (tertiary/aromatic N) is 1. The minimum Gasteiger partial charge on any atom is -0.465 e. The summed E-state index contributed by atoms with van der Waals surface area (Å²) in [5, 5.41) is 0. The maximum Gasteiger partial charge on any atom is 0.387 e. The van der Waals surface area contributed by atoms with Gasteiger partial charge < -0.3 is 9.47 Å². The lowest BCUT2D eigenvalue weighted by molar-refractivity contribution is -0.144. The van der Waals surface area contributed by atoms with Crippen molar-refractivity contribution in [2.75, 3.05) is 19.7 Å². The number of hydrogen-bond donors (Lipinski definition) is 0. The summed E-state index contributed by atoms with van der Waals surface area (Å²) in [6.07, 6.45) is 0. The van der Waals surface area contributed by atoms with Crippen molar-refractivity contribution in [3.63, 3.8) is 0 Å². The zero-order valence-corrected chi connectivity index (χ0v) is 11.6. The van der Waals surface area contributed by atoms with Gasteiger partial charge in [0.1, 0.15) is 5.75 Å². The van der Waals surface area contributed by atoms with Gasteiger partial charge in [0.15, 0.2) is 0 Å². The molecule has 112 valence electrons. The number of ether oxygens (including phenoxy) is 2. The van der Waals surface area contributed by atoms with Crippen molar-refractivity contribution in [1.29, 1.82) is 0 Å². The van der Waals surface area contributed by atoms with E-state index < -0.39 is 6.61 Å². The van der Waals surface area contributed by atoms with Crippen molar-refractivity contribution in [2.24, 2.45) is 0 Å². The molecule has 0 heterocycles. The van der Waals surface area contributed by atoms with Gasteiger partial charge in [-0.3, -0.25) is 9.69 Å². The minimum atomic E-state index is -2.86. The Morgan fingerprint density at radius 3 is 2.60 bits per heavy atom. The van der Waals surface area contributed by atoms with Gasteiger partial charge in [-0.05, 0) is 19.5 Å². The number of carbonyl (C=O) groups excluding carboxylic acids is 1. The van der Waals surface area contributed by atoms with Crippen LogP contribution in [0.25, 0.3) is 0 Å². The minimum absolute atomic E-state index is 0.118. The normalized spacial score (nSPS) is 10.9. The van der Waals surface area contributed by atoms with Crippen LogP contribution < -0.4 is 4.74 Å². The fourth-order valence-corrected chi connectivity index (χ4v) is 1.76. The molecule has 0 aliphatic rings. The van der Waals surface area contributed by atoms with Crippen LogP contribution in [-0.4, -0.2) is 37.2 Å². The number of carbonyl (C=O) groups is 1. The smallest absolute Gasteiger partial charge is 0.387 e. The molecule has 4 nitrogen and oxygen atoms in total. The topological polar surface area (TPSA) is 38.8 Å². The van der Waals surface area contributed by atoms with E-state index >= 15 is 0 Å². The lowest BCUT2D eigenvalue weighted by Gasteiger charge is -2.20. The van der Waals surface area contributed by atoms with E-state index in [-0.39, 0.29) is 18.3 Å². The summed E-state index contributed by atoms with van der Waals surface area (Å²) in [4.78, 5) is 13.2. The third-order valence-electron chi connectivity index (χ3n) is 2.69. The highest BCUT2D eigenvalue weighted by Gasteiger charge is 2.14. The molecule has 0 amide bonds. The second-order valence-corrected chi connectivity index (χ2v) is 4.09. The van der Waals surface area contributed by atoms with Crippen molar-refractivity contribution < 1.29 is 23.0 Å². The molecule has 0 fully saturated rings. The van der Waals surface area contributed by atoms with Crippen molar-refractivity contribution >= 4 is 5.97 Å². The summed E-state index contributed by atoms with van der Waals surface area (Å²) in [6.45, 7) is 2.14. The van der Waals surface area contributed by atoms with Gasteiger partial charge in [-0.1, -0.05) is 25.1 Å². The monoisotopic (exact) mass is 287 g/mol. The van der Waals surface area contributed by atoms with Gasteiger partial charge in [0.25, 0.3) is 0 Å². The van der Waals surface area contributed by atoms with E-state index in [2.05, 4.69) is 4.74 Å². The quantitative estimate of drug-likeness (QED) is 0.689. The lowest BCUT2D eigenvalue weighted by Crippen LogP contribution is -2.30. The Balaban J connectivity index is 2.71. The maximum atomic E-state index is 12.3. The Morgan fingerprint density at radius 1 is 1.30 bits per heavy atom. The summed E-state index contributed by atoms with van der Waals surface area (Å²) in [7, 11) is 0. The highest BCUT2D eigenvalue weighted by Crippen LogP contribution is 2.21. The summed E-state index contributed by atoms with van der Waals surface area (Å²) >= 11 is 0. The van der Waals surface area contributed by atoms with E-state index in [0.717, 1.165) is 0 Å². The highest BCUT2D eigenvalue weighted by atomic mass is 19.3. The largest absolute Gasteiger partial charge is 0.465 e. The van der Waals surface area contributed by atoms with Crippen LogP contribution >= 0.6 is 0 Å². The summed E-state index contributed by atoms with van der Waals surface area (Å²) < 4.78 is 34.0. The number of esters is 1. The standard InChI is InChI=1S/C14H19F2NO3/c1-3-17(10-13(18)19-4-2)9-11-7-5-6-8-12(11)20-14(15)16/h5-8,14H,3-4,9-10H2,1-2H3. The molecule has 1 aromatic carbocycles. The van der Waals surface area contributed by atoms with Crippen LogP contribution in [0.1, 0.15) is 19.4 Å². The zero-order chi connectivity index (χ0) is 15.0. The molecule has 0 atom stereocenters. The SMILES string of the molecule is CCOC(=O)CN(CC)Cc1ccccc1OC(F)F. The number of para-hydroxylation sites is 1. The third-order valence-corrected chi connectivity index (χ3v) is 2.69. The maximum absolute atomic E-state index is 12.3. The molecule has 0 N–H and O–H groups in total. The van der Waals surface area contributed by atoms with Crippen LogP contribution in [0.3, 0.4) is 0 Å². The molecule has 6 heteroatoms. The molecule has 0 saturated carbocycles. The summed E-state index contributed by atoms with van der Waals surface area (Å²) in [5.74, 6) is -0.202. The molecule has 0 aliphatic heterocycles. The number of hydrogen-bond acceptors (Lipinski definition) is 4. The Labute approximate surface area is 117 Å². The predicted octanol–water partition coefficient (Wildman–Crippen LogP) is 2.67. The van der Waals surface area contributed by atoms with E-state index in [9.17, 15) is 13.6 Å². The van der Waals surface area contributed by atoms with Crippen LogP contribution in [0.5, 0.6) is 5.75 Å². The number of rotatable bonds is 8. The highest BCUT2D eigenvalue weighted by molar-refractivity contribution is 5.71. The molecule has 0 radical (unpaired) electrons. The number of alkyl halides is 2. The predicted molar refractivity (Wildman–Crippen MR) is 70.7 cm³/mol. The van der Waals surface area contributed by atoms with E-state index in [1.807, 2.05) is 6.92 Å². The molecular formula is C14H19F2NO3. The second-order valence-electron chi connectivity index (χ2n) is 4.09. The number of likely N-dealkylation sites (N-methyl/N-ethyl adjacent to an activating group) is 1. The van der Waals surface area contributed by atoms with Crippen LogP contribution in [0.15, 0.2) is 24.3 Å². The molecule has 0 unspecified atom stereocenters. The van der Waals surface area contributed by atoms with Gasteiger partial charge in [-0.25, -0.2) is 0 Å². The van der Waals surface area contributed by atoms with Crippen LogP contribution in [0.2, 0.25) is 0 Å². The van der Waals surface area contributed by atoms with Gasteiger partial charge in [0.2, 0.25) is 0 Å². The van der Waals surface area contributed by atoms with Gasteiger partial charge >= 0.3 is 12.6 Å². The van der Waals surface area contributed by atoms with Crippen molar-refractivity contribution in [3.05, 3.63) is 29.8 Å². The van der Waals surface area contributed by atoms with E-state index in [0.29, 0.717) is 25.3 Å². The molecule has 20 heavy (non-hydrogen) atoms. The third kappa shape index (κ3) is 5.52. The van der Waals surface area contributed by atoms with Gasteiger partial charge in [-0.2, -0.15) is 8.78 Å². The van der Waals surface area contributed by atoms with Crippen molar-refractivity contribution in [3.8, 4) is 5.75 Å². The zero-order valence-electron chi connectivity index (χ0n) is 11.6. The van der Waals surface area contributed by atoms with Gasteiger partial charge in [0, 0.05) is 12.1 Å². The number of benzene rings is 1. The fraction of sp³-hybridized carbons (Fsp3) is 0.500. The van der Waals surface area contributed by atoms with Gasteiger partial charge in [0.05, 0.1) is 13.2 Å². The van der Waals surface area contributed by atoms with E-state index in [1.165, 1.54) is 6.07 Å². The summed E-state index contributed by atoms with van der Waals surface area (Å²) in [5.41, 5.74) is 0.610. The molecule has 1 rings (SSSR count). The molecule has 0 saturated heterocycles. The first kappa shape index (κ1) is 16.4.